The lowest BCUT2D eigenvalue weighted by Gasteiger charge is -2.13. The minimum atomic E-state index is -4.53. The van der Waals surface area contributed by atoms with Crippen LogP contribution in [-0.2, 0) is 17.7 Å². The topological polar surface area (TPSA) is 124 Å². The normalized spacial score (nSPS) is 11.5. The first-order valence-electron chi connectivity index (χ1n) is 12.2. The van der Waals surface area contributed by atoms with Crippen molar-refractivity contribution in [3.8, 4) is 17.2 Å². The van der Waals surface area contributed by atoms with Crippen LogP contribution in [0.1, 0.15) is 24.0 Å². The van der Waals surface area contributed by atoms with Crippen molar-refractivity contribution in [2.45, 2.75) is 32.1 Å². The highest BCUT2D eigenvalue weighted by molar-refractivity contribution is 5.95. The Hall–Kier alpha value is -4.08. The molecule has 2 aromatic carbocycles. The van der Waals surface area contributed by atoms with Crippen LogP contribution in [0.3, 0.4) is 0 Å². The van der Waals surface area contributed by atoms with Crippen molar-refractivity contribution < 1.29 is 22.4 Å². The first kappa shape index (κ1) is 27.0. The van der Waals surface area contributed by atoms with Crippen LogP contribution in [0.25, 0.3) is 22.0 Å². The summed E-state index contributed by atoms with van der Waals surface area (Å²) in [5.41, 5.74) is 4.84. The van der Waals surface area contributed by atoms with Crippen LogP contribution in [-0.4, -0.2) is 48.0 Å². The fraction of sp³-hybridized carbons (Fsp3) is 0.346. The molecule has 0 aliphatic heterocycles. The third-order valence-electron chi connectivity index (χ3n) is 5.73. The standard InChI is InChI=1S/C26H28F3N7O2/c27-26(28,29)35-22-10-18(3-4-30)9-19(11-22)14-31-5-1-2-7-37-8-6-32-24-12-20(21-15-34-38-17-21)13-25-23(24)16-33-36-25/h9-13,15-17,31-32,35H,1-3,5-8,14H2,(H,33,36). The van der Waals surface area contributed by atoms with E-state index in [0.29, 0.717) is 44.0 Å². The molecule has 4 N–H and O–H groups in total. The number of unbranched alkanes of at least 4 members (excludes halogenated alkanes) is 1. The summed E-state index contributed by atoms with van der Waals surface area (Å²) >= 11 is 0. The first-order valence-corrected chi connectivity index (χ1v) is 12.2. The van der Waals surface area contributed by atoms with E-state index >= 15 is 0 Å². The average Bonchev–Trinajstić information content (AvgIpc) is 3.56. The highest BCUT2D eigenvalue weighted by Crippen LogP contribution is 2.29. The van der Waals surface area contributed by atoms with Gasteiger partial charge in [0.05, 0.1) is 37.0 Å². The molecule has 12 heteroatoms. The van der Waals surface area contributed by atoms with E-state index in [0.717, 1.165) is 40.6 Å². The van der Waals surface area contributed by atoms with E-state index in [1.54, 1.807) is 24.7 Å². The highest BCUT2D eigenvalue weighted by Gasteiger charge is 2.27. The average molecular weight is 528 g/mol. The number of nitrogens with one attached hydrogen (secondary N) is 4. The molecule has 0 amide bonds. The number of ether oxygens (including phenoxy) is 1. The maximum atomic E-state index is 12.7. The number of hydrogen-bond acceptors (Lipinski definition) is 8. The summed E-state index contributed by atoms with van der Waals surface area (Å²) in [5, 5.41) is 28.9. The predicted molar refractivity (Wildman–Crippen MR) is 137 cm³/mol. The van der Waals surface area contributed by atoms with Crippen molar-refractivity contribution in [1.82, 2.24) is 20.7 Å². The van der Waals surface area contributed by atoms with Crippen molar-refractivity contribution in [3.05, 3.63) is 60.1 Å². The van der Waals surface area contributed by atoms with Gasteiger partial charge in [-0.15, -0.1) is 0 Å². The summed E-state index contributed by atoms with van der Waals surface area (Å²) in [6.07, 6.45) is 2.25. The van der Waals surface area contributed by atoms with Gasteiger partial charge in [-0.2, -0.15) is 23.5 Å². The number of nitriles is 1. The molecule has 4 aromatic rings. The number of benzene rings is 2. The summed E-state index contributed by atoms with van der Waals surface area (Å²) in [4.78, 5) is 0. The maximum Gasteiger partial charge on any atom is 0.482 e. The molecule has 0 aliphatic rings. The number of alkyl halides is 3. The summed E-state index contributed by atoms with van der Waals surface area (Å²) in [6, 6.07) is 10.5. The van der Waals surface area contributed by atoms with Crippen molar-refractivity contribution in [2.24, 2.45) is 0 Å². The van der Waals surface area contributed by atoms with Gasteiger partial charge in [0, 0.05) is 42.0 Å². The molecule has 0 spiro atoms. The van der Waals surface area contributed by atoms with Crippen LogP contribution < -0.4 is 16.0 Å². The number of anilines is 2. The Bertz CT molecular complexity index is 1350. The Balaban J connectivity index is 1.14. The third-order valence-corrected chi connectivity index (χ3v) is 5.73. The molecule has 38 heavy (non-hydrogen) atoms. The van der Waals surface area contributed by atoms with Crippen LogP contribution in [0.4, 0.5) is 24.5 Å². The van der Waals surface area contributed by atoms with E-state index in [4.69, 9.17) is 14.5 Å². The van der Waals surface area contributed by atoms with E-state index in [2.05, 4.69) is 26.0 Å². The molecule has 0 aliphatic carbocycles. The lowest BCUT2D eigenvalue weighted by atomic mass is 10.1. The van der Waals surface area contributed by atoms with Crippen molar-refractivity contribution in [1.29, 1.82) is 5.26 Å². The summed E-state index contributed by atoms with van der Waals surface area (Å²) in [7, 11) is 0. The number of hydrogen-bond donors (Lipinski definition) is 4. The van der Waals surface area contributed by atoms with Crippen LogP contribution in [0, 0.1) is 11.3 Å². The van der Waals surface area contributed by atoms with Crippen molar-refractivity contribution >= 4 is 22.3 Å². The van der Waals surface area contributed by atoms with E-state index in [1.807, 2.05) is 18.2 Å². The number of H-pyrrole nitrogens is 1. The van der Waals surface area contributed by atoms with Gasteiger partial charge in [-0.25, -0.2) is 0 Å². The van der Waals surface area contributed by atoms with Gasteiger partial charge in [-0.3, -0.25) is 10.4 Å². The Labute approximate surface area is 217 Å². The van der Waals surface area contributed by atoms with Crippen LogP contribution in [0.5, 0.6) is 0 Å². The number of aromatic amines is 1. The van der Waals surface area contributed by atoms with E-state index < -0.39 is 6.30 Å². The molecule has 0 unspecified atom stereocenters. The lowest BCUT2D eigenvalue weighted by molar-refractivity contribution is -0.0999. The molecule has 0 atom stereocenters. The molecule has 0 bridgehead atoms. The molecular weight excluding hydrogens is 499 g/mol. The second kappa shape index (κ2) is 12.9. The minimum absolute atomic E-state index is 0.0484. The highest BCUT2D eigenvalue weighted by atomic mass is 19.4. The summed E-state index contributed by atoms with van der Waals surface area (Å²) in [6.45, 7) is 2.86. The van der Waals surface area contributed by atoms with Crippen LogP contribution >= 0.6 is 0 Å². The SMILES string of the molecule is N#CCc1cc(CNCCCCOCCNc2cc(-c3cnoc3)cc3[nH]ncc23)cc(NC(F)(F)F)c1. The second-order valence-electron chi connectivity index (χ2n) is 8.69. The monoisotopic (exact) mass is 527 g/mol. The largest absolute Gasteiger partial charge is 0.482 e. The first-order chi connectivity index (χ1) is 18.4. The molecule has 4 rings (SSSR count). The molecule has 0 saturated heterocycles. The van der Waals surface area contributed by atoms with E-state index in [-0.39, 0.29) is 12.1 Å². The zero-order valence-corrected chi connectivity index (χ0v) is 20.6. The van der Waals surface area contributed by atoms with Gasteiger partial charge in [-0.05, 0) is 60.3 Å². The van der Waals surface area contributed by atoms with Crippen molar-refractivity contribution in [3.63, 3.8) is 0 Å². The Morgan fingerprint density at radius 2 is 1.87 bits per heavy atom. The molecule has 2 aromatic heterocycles. The van der Waals surface area contributed by atoms with Gasteiger partial charge in [0.1, 0.15) is 6.26 Å². The zero-order chi connectivity index (χ0) is 26.8. The number of nitrogens with zero attached hydrogens (tertiary/aromatic N) is 3. The molecule has 2 heterocycles. The van der Waals surface area contributed by atoms with Crippen molar-refractivity contribution in [2.75, 3.05) is 36.9 Å². The van der Waals surface area contributed by atoms with Gasteiger partial charge >= 0.3 is 6.30 Å². The molecule has 0 saturated carbocycles. The second-order valence-corrected chi connectivity index (χ2v) is 8.69. The Morgan fingerprint density at radius 1 is 1.00 bits per heavy atom. The molecular formula is C26H28F3N7O2. The van der Waals surface area contributed by atoms with Crippen LogP contribution in [0.15, 0.2) is 53.5 Å². The number of halogens is 3. The number of rotatable bonds is 14. The van der Waals surface area contributed by atoms with Gasteiger partial charge < -0.3 is 19.9 Å². The predicted octanol–water partition coefficient (Wildman–Crippen LogP) is 5.21. The van der Waals surface area contributed by atoms with Gasteiger partial charge in [0.2, 0.25) is 0 Å². The van der Waals surface area contributed by atoms with E-state index in [9.17, 15) is 13.2 Å². The van der Waals surface area contributed by atoms with Gasteiger partial charge in [0.25, 0.3) is 0 Å². The van der Waals surface area contributed by atoms with Crippen LogP contribution in [0.2, 0.25) is 0 Å². The molecule has 0 radical (unpaired) electrons. The molecule has 9 nitrogen and oxygen atoms in total. The minimum Gasteiger partial charge on any atom is -0.382 e. The molecule has 0 fully saturated rings. The number of aromatic nitrogens is 3. The summed E-state index contributed by atoms with van der Waals surface area (Å²) in [5.74, 6) is 0. The lowest BCUT2D eigenvalue weighted by Crippen LogP contribution is -2.21. The maximum absolute atomic E-state index is 12.7. The fourth-order valence-electron chi connectivity index (χ4n) is 4.05. The van der Waals surface area contributed by atoms with E-state index in [1.165, 1.54) is 17.4 Å². The summed E-state index contributed by atoms with van der Waals surface area (Å²) < 4.78 is 48.7. The fourth-order valence-corrected chi connectivity index (χ4v) is 4.05. The Kier molecular flexibility index (Phi) is 9.18. The molecule has 200 valence electrons. The third kappa shape index (κ3) is 7.96. The zero-order valence-electron chi connectivity index (χ0n) is 20.6. The van der Waals surface area contributed by atoms with Gasteiger partial charge in [0.15, 0.2) is 0 Å². The van der Waals surface area contributed by atoms with Gasteiger partial charge in [-0.1, -0.05) is 11.2 Å². The Morgan fingerprint density at radius 3 is 2.66 bits per heavy atom. The quantitative estimate of drug-likeness (QED) is 0.130. The number of fused-ring (bicyclic) bond motifs is 1. The smallest absolute Gasteiger partial charge is 0.382 e.